The number of hydrogen-bond donors (Lipinski definition) is 1. The zero-order chi connectivity index (χ0) is 36.3. The Bertz CT molecular complexity index is 3150. The van der Waals surface area contributed by atoms with Crippen LogP contribution in [-0.4, -0.2) is 16.2 Å². The summed E-state index contributed by atoms with van der Waals surface area (Å²) in [5, 5.41) is 13.5. The van der Waals surface area contributed by atoms with Gasteiger partial charge in [-0.2, -0.15) is 0 Å². The number of nitrogens with one attached hydrogen (secondary N) is 1. The summed E-state index contributed by atoms with van der Waals surface area (Å²) < 4.78 is 2.43. The molecule has 9 aromatic carbocycles. The zero-order valence-electron chi connectivity index (χ0n) is 29.9. The highest BCUT2D eigenvalue weighted by Crippen LogP contribution is 2.39. The number of benzene rings is 9. The van der Waals surface area contributed by atoms with E-state index in [1.807, 2.05) is 18.2 Å². The molecule has 1 aliphatic heterocycles. The number of nitrogens with zero attached hydrogens (tertiary/aromatic N) is 3. The number of hydrogen-bond acceptors (Lipinski definition) is 3. The lowest BCUT2D eigenvalue weighted by molar-refractivity contribution is 0.755. The van der Waals surface area contributed by atoms with Crippen LogP contribution in [-0.2, 0) is 0 Å². The maximum absolute atomic E-state index is 5.22. The van der Waals surface area contributed by atoms with Crippen molar-refractivity contribution in [2.45, 2.75) is 6.17 Å². The van der Waals surface area contributed by atoms with Gasteiger partial charge in [-0.15, -0.1) is 0 Å². The van der Waals surface area contributed by atoms with Crippen LogP contribution in [0.3, 0.4) is 0 Å². The van der Waals surface area contributed by atoms with Gasteiger partial charge in [0.15, 0.2) is 6.17 Å². The Labute approximate surface area is 318 Å². The first kappa shape index (κ1) is 31.2. The van der Waals surface area contributed by atoms with Crippen molar-refractivity contribution < 1.29 is 0 Å². The molecular weight excluding hydrogens is 669 g/mol. The Balaban J connectivity index is 1.01. The molecule has 55 heavy (non-hydrogen) atoms. The third kappa shape index (κ3) is 5.38. The Morgan fingerprint density at radius 3 is 1.69 bits per heavy atom. The van der Waals surface area contributed by atoms with Crippen LogP contribution >= 0.6 is 0 Å². The Morgan fingerprint density at radius 1 is 0.382 bits per heavy atom. The molecule has 0 fully saturated rings. The molecule has 2 heterocycles. The number of aliphatic imine (C=N–C) groups is 2. The van der Waals surface area contributed by atoms with Crippen molar-refractivity contribution in [3.05, 3.63) is 211 Å². The fourth-order valence-electron chi connectivity index (χ4n) is 8.20. The first-order chi connectivity index (χ1) is 27.2. The van der Waals surface area contributed by atoms with Gasteiger partial charge in [0.1, 0.15) is 11.7 Å². The standard InChI is InChI=1S/C51H34N4/c1-2-12-36(13-3-1)49-52-50(37-21-18-34(19-22-37)42-23-20-33-10-4-5-14-39(33)30-42)54-51(53-49)38-24-27-43(28-25-38)55-47-32-41-16-7-6-15-40(41)31-46(47)45-29-26-35-11-8-9-17-44(35)48(45)55/h1-32,51H,(H,52,53,54). The van der Waals surface area contributed by atoms with Crippen molar-refractivity contribution in [1.82, 2.24) is 9.88 Å². The van der Waals surface area contributed by atoms with E-state index in [0.717, 1.165) is 34.0 Å². The molecular formula is C51H34N4. The van der Waals surface area contributed by atoms with E-state index in [1.54, 1.807) is 0 Å². The molecule has 0 spiro atoms. The highest BCUT2D eigenvalue weighted by atomic mass is 15.2. The van der Waals surface area contributed by atoms with Gasteiger partial charge >= 0.3 is 0 Å². The van der Waals surface area contributed by atoms with E-state index in [1.165, 1.54) is 65.3 Å². The van der Waals surface area contributed by atoms with Gasteiger partial charge in [0.25, 0.3) is 0 Å². The molecule has 0 saturated carbocycles. The first-order valence-electron chi connectivity index (χ1n) is 18.8. The third-order valence-corrected chi connectivity index (χ3v) is 11.0. The monoisotopic (exact) mass is 702 g/mol. The molecule has 10 aromatic rings. The number of rotatable bonds is 5. The lowest BCUT2D eigenvalue weighted by Gasteiger charge is -2.22. The highest BCUT2D eigenvalue weighted by Gasteiger charge is 2.22. The van der Waals surface area contributed by atoms with Gasteiger partial charge in [-0.3, -0.25) is 0 Å². The van der Waals surface area contributed by atoms with Crippen LogP contribution in [0.2, 0.25) is 0 Å². The molecule has 11 rings (SSSR count). The van der Waals surface area contributed by atoms with Gasteiger partial charge in [-0.05, 0) is 74.0 Å². The van der Waals surface area contributed by atoms with E-state index in [4.69, 9.17) is 9.98 Å². The predicted molar refractivity (Wildman–Crippen MR) is 231 cm³/mol. The van der Waals surface area contributed by atoms with Crippen molar-refractivity contribution in [1.29, 1.82) is 0 Å². The summed E-state index contributed by atoms with van der Waals surface area (Å²) in [7, 11) is 0. The summed E-state index contributed by atoms with van der Waals surface area (Å²) in [5.74, 6) is 1.60. The van der Waals surface area contributed by atoms with Gasteiger partial charge in [0.2, 0.25) is 0 Å². The van der Waals surface area contributed by atoms with Crippen molar-refractivity contribution in [2.75, 3.05) is 0 Å². The normalized spacial score (nSPS) is 14.4. The fourth-order valence-corrected chi connectivity index (χ4v) is 8.20. The summed E-state index contributed by atoms with van der Waals surface area (Å²) in [6.07, 6.45) is -0.413. The minimum absolute atomic E-state index is 0.413. The van der Waals surface area contributed by atoms with Crippen LogP contribution in [0, 0.1) is 0 Å². The van der Waals surface area contributed by atoms with Crippen molar-refractivity contribution in [3.8, 4) is 16.8 Å². The second kappa shape index (κ2) is 12.7. The maximum atomic E-state index is 5.22. The van der Waals surface area contributed by atoms with Crippen molar-refractivity contribution in [2.24, 2.45) is 9.98 Å². The predicted octanol–water partition coefficient (Wildman–Crippen LogP) is 12.4. The molecule has 0 radical (unpaired) electrons. The smallest absolute Gasteiger partial charge is 0.169 e. The number of fused-ring (bicyclic) bond motifs is 7. The molecule has 1 atom stereocenters. The third-order valence-electron chi connectivity index (χ3n) is 11.0. The molecule has 0 saturated heterocycles. The van der Waals surface area contributed by atoms with E-state index in [9.17, 15) is 0 Å². The topological polar surface area (TPSA) is 41.7 Å². The maximum Gasteiger partial charge on any atom is 0.169 e. The van der Waals surface area contributed by atoms with Gasteiger partial charge in [-0.25, -0.2) is 9.98 Å². The molecule has 0 amide bonds. The van der Waals surface area contributed by atoms with Crippen molar-refractivity contribution >= 4 is 65.8 Å². The van der Waals surface area contributed by atoms with Gasteiger partial charge in [0.05, 0.1) is 11.0 Å². The Morgan fingerprint density at radius 2 is 0.945 bits per heavy atom. The average Bonchev–Trinajstić information content (AvgIpc) is 3.59. The molecule has 1 aromatic heterocycles. The molecule has 1 N–H and O–H groups in total. The van der Waals surface area contributed by atoms with Crippen molar-refractivity contribution in [3.63, 3.8) is 0 Å². The second-order valence-corrected chi connectivity index (χ2v) is 14.3. The van der Waals surface area contributed by atoms with Gasteiger partial charge < -0.3 is 9.88 Å². The van der Waals surface area contributed by atoms with Crippen LogP contribution in [0.4, 0.5) is 0 Å². The lowest BCUT2D eigenvalue weighted by Crippen LogP contribution is -2.36. The van der Waals surface area contributed by atoms with Gasteiger partial charge in [-0.1, -0.05) is 164 Å². The number of amidine groups is 2. The van der Waals surface area contributed by atoms with Crippen LogP contribution in [0.25, 0.3) is 70.9 Å². The zero-order valence-corrected chi connectivity index (χ0v) is 29.9. The minimum Gasteiger partial charge on any atom is -0.324 e. The number of aromatic nitrogens is 1. The largest absolute Gasteiger partial charge is 0.324 e. The fraction of sp³-hybridized carbons (Fsp3) is 0.0196. The summed E-state index contributed by atoms with van der Waals surface area (Å²) in [4.78, 5) is 10.4. The molecule has 0 bridgehead atoms. The molecule has 4 heteroatoms. The second-order valence-electron chi connectivity index (χ2n) is 14.3. The summed E-state index contributed by atoms with van der Waals surface area (Å²) in [5.41, 5.74) is 8.93. The Kier molecular flexibility index (Phi) is 7.20. The minimum atomic E-state index is -0.413. The summed E-state index contributed by atoms with van der Waals surface area (Å²) in [6.45, 7) is 0. The summed E-state index contributed by atoms with van der Waals surface area (Å²) >= 11 is 0. The van der Waals surface area contributed by atoms with Crippen LogP contribution in [0.5, 0.6) is 0 Å². The van der Waals surface area contributed by atoms with E-state index in [-0.39, 0.29) is 0 Å². The van der Waals surface area contributed by atoms with E-state index < -0.39 is 6.17 Å². The van der Waals surface area contributed by atoms with E-state index >= 15 is 0 Å². The van der Waals surface area contributed by atoms with E-state index in [2.05, 4.69) is 186 Å². The van der Waals surface area contributed by atoms with Gasteiger partial charge in [0, 0.05) is 33.0 Å². The van der Waals surface area contributed by atoms with Crippen LogP contribution in [0.1, 0.15) is 22.9 Å². The van der Waals surface area contributed by atoms with E-state index in [0.29, 0.717) is 0 Å². The first-order valence-corrected chi connectivity index (χ1v) is 18.8. The molecule has 4 nitrogen and oxygen atoms in total. The highest BCUT2D eigenvalue weighted by molar-refractivity contribution is 6.21. The molecule has 258 valence electrons. The lowest BCUT2D eigenvalue weighted by atomic mass is 10.00. The van der Waals surface area contributed by atoms with Crippen LogP contribution in [0.15, 0.2) is 204 Å². The summed E-state index contributed by atoms with van der Waals surface area (Å²) in [6, 6.07) is 69.4. The quantitative estimate of drug-likeness (QED) is 0.191. The molecule has 1 aliphatic rings. The molecule has 1 unspecified atom stereocenters. The Hall–Kier alpha value is -7.30. The SMILES string of the molecule is c1ccc(C2=NC(c3ccc(-n4c5cc6ccccc6cc5c5ccc6ccccc6c54)cc3)N=C(c3ccc(-c4ccc5ccccc5c4)cc3)N2)cc1. The average molecular weight is 703 g/mol. The molecule has 0 aliphatic carbocycles. The van der Waals surface area contributed by atoms with Crippen LogP contribution < -0.4 is 5.32 Å².